The van der Waals surface area contributed by atoms with Crippen LogP contribution in [0.25, 0.3) is 0 Å². The van der Waals surface area contributed by atoms with Crippen molar-refractivity contribution in [2.75, 3.05) is 40.5 Å². The summed E-state index contributed by atoms with van der Waals surface area (Å²) in [5.41, 5.74) is -0.0809. The first-order valence-corrected chi connectivity index (χ1v) is 5.11. The molecule has 0 spiro atoms. The van der Waals surface area contributed by atoms with Crippen molar-refractivity contribution in [3.63, 3.8) is 0 Å². The molecule has 0 aliphatic carbocycles. The van der Waals surface area contributed by atoms with Gasteiger partial charge in [0, 0.05) is 19.1 Å². The highest BCUT2D eigenvalue weighted by Crippen LogP contribution is 2.18. The van der Waals surface area contributed by atoms with E-state index in [4.69, 9.17) is 9.57 Å². The SMILES string of the molecule is CON(C)C(=O)CN1CCOCC1(C)C. The molecule has 88 valence electrons. The van der Waals surface area contributed by atoms with Gasteiger partial charge in [0.25, 0.3) is 5.91 Å². The summed E-state index contributed by atoms with van der Waals surface area (Å²) in [6, 6.07) is 0. The van der Waals surface area contributed by atoms with Crippen LogP contribution in [0.2, 0.25) is 0 Å². The van der Waals surface area contributed by atoms with E-state index in [2.05, 4.69) is 18.7 Å². The summed E-state index contributed by atoms with van der Waals surface area (Å²) in [5.74, 6) is -0.0347. The highest BCUT2D eigenvalue weighted by atomic mass is 16.7. The molecule has 15 heavy (non-hydrogen) atoms. The molecule has 0 aromatic carbocycles. The molecule has 1 saturated heterocycles. The molecule has 1 rings (SSSR count). The zero-order valence-corrected chi connectivity index (χ0v) is 9.95. The number of ether oxygens (including phenoxy) is 1. The Labute approximate surface area is 90.9 Å². The number of morpholine rings is 1. The molecule has 0 unspecified atom stereocenters. The molecule has 1 amide bonds. The van der Waals surface area contributed by atoms with Crippen LogP contribution in [-0.4, -0.2) is 61.9 Å². The molecule has 0 aromatic heterocycles. The normalized spacial score (nSPS) is 21.3. The molecule has 0 bridgehead atoms. The predicted molar refractivity (Wildman–Crippen MR) is 56.3 cm³/mol. The molecule has 0 aromatic rings. The second kappa shape index (κ2) is 4.92. The van der Waals surface area contributed by atoms with Crippen molar-refractivity contribution in [3.8, 4) is 0 Å². The Hall–Kier alpha value is -0.650. The fourth-order valence-electron chi connectivity index (χ4n) is 1.55. The van der Waals surface area contributed by atoms with E-state index in [1.54, 1.807) is 7.05 Å². The monoisotopic (exact) mass is 216 g/mol. The highest BCUT2D eigenvalue weighted by Gasteiger charge is 2.32. The first-order chi connectivity index (χ1) is 6.97. The summed E-state index contributed by atoms with van der Waals surface area (Å²) in [6.07, 6.45) is 0. The number of hydrogen-bond acceptors (Lipinski definition) is 4. The van der Waals surface area contributed by atoms with Crippen LogP contribution >= 0.6 is 0 Å². The lowest BCUT2D eigenvalue weighted by Crippen LogP contribution is -2.55. The standard InChI is InChI=1S/C10H20N2O3/c1-10(2)8-15-6-5-12(10)7-9(13)11(3)14-4/h5-8H2,1-4H3. The maximum absolute atomic E-state index is 11.6. The van der Waals surface area contributed by atoms with Gasteiger partial charge in [-0.3, -0.25) is 14.5 Å². The largest absolute Gasteiger partial charge is 0.378 e. The summed E-state index contributed by atoms with van der Waals surface area (Å²) >= 11 is 0. The average Bonchev–Trinajstić information content (AvgIpc) is 2.19. The number of rotatable bonds is 3. The summed E-state index contributed by atoms with van der Waals surface area (Å²) in [5, 5.41) is 1.26. The predicted octanol–water partition coefficient (Wildman–Crippen LogP) is 0.117. The zero-order valence-electron chi connectivity index (χ0n) is 9.95. The maximum atomic E-state index is 11.6. The van der Waals surface area contributed by atoms with Gasteiger partial charge < -0.3 is 4.74 Å². The third kappa shape index (κ3) is 3.15. The summed E-state index contributed by atoms with van der Waals surface area (Å²) < 4.78 is 5.39. The molecule has 1 aliphatic rings. The fourth-order valence-corrected chi connectivity index (χ4v) is 1.55. The van der Waals surface area contributed by atoms with Crippen LogP contribution in [0.1, 0.15) is 13.8 Å². The summed E-state index contributed by atoms with van der Waals surface area (Å²) in [6.45, 7) is 6.67. The van der Waals surface area contributed by atoms with Crippen LogP contribution in [0.5, 0.6) is 0 Å². The smallest absolute Gasteiger partial charge is 0.260 e. The van der Waals surface area contributed by atoms with Crippen molar-refractivity contribution in [2.24, 2.45) is 0 Å². The van der Waals surface area contributed by atoms with Crippen LogP contribution in [0.4, 0.5) is 0 Å². The molecule has 1 fully saturated rings. The minimum Gasteiger partial charge on any atom is -0.378 e. The lowest BCUT2D eigenvalue weighted by atomic mass is 10.0. The topological polar surface area (TPSA) is 42.0 Å². The van der Waals surface area contributed by atoms with Gasteiger partial charge in [0.15, 0.2) is 0 Å². The number of likely N-dealkylation sites (N-methyl/N-ethyl adjacent to an activating group) is 1. The lowest BCUT2D eigenvalue weighted by Gasteiger charge is -2.41. The number of hydrogen-bond donors (Lipinski definition) is 0. The van der Waals surface area contributed by atoms with E-state index in [1.807, 2.05) is 0 Å². The number of hydroxylamine groups is 2. The van der Waals surface area contributed by atoms with E-state index in [-0.39, 0.29) is 11.4 Å². The third-order valence-electron chi connectivity index (χ3n) is 2.77. The van der Waals surface area contributed by atoms with E-state index < -0.39 is 0 Å². The molecule has 0 saturated carbocycles. The van der Waals surface area contributed by atoms with Crippen molar-refractivity contribution < 1.29 is 14.4 Å². The molecule has 0 N–H and O–H groups in total. The van der Waals surface area contributed by atoms with E-state index in [0.717, 1.165) is 6.54 Å². The fraction of sp³-hybridized carbons (Fsp3) is 0.900. The van der Waals surface area contributed by atoms with Crippen LogP contribution < -0.4 is 0 Å². The van der Waals surface area contributed by atoms with Crippen LogP contribution in [-0.2, 0) is 14.4 Å². The Morgan fingerprint density at radius 2 is 2.27 bits per heavy atom. The molecule has 5 nitrogen and oxygen atoms in total. The van der Waals surface area contributed by atoms with Crippen molar-refractivity contribution in [2.45, 2.75) is 19.4 Å². The minimum absolute atomic E-state index is 0.0347. The Morgan fingerprint density at radius 1 is 1.60 bits per heavy atom. The van der Waals surface area contributed by atoms with Gasteiger partial charge in [-0.05, 0) is 13.8 Å². The Bertz CT molecular complexity index is 231. The zero-order chi connectivity index (χ0) is 11.5. The first kappa shape index (κ1) is 12.4. The first-order valence-electron chi connectivity index (χ1n) is 5.11. The van der Waals surface area contributed by atoms with Crippen LogP contribution in [0.15, 0.2) is 0 Å². The summed E-state index contributed by atoms with van der Waals surface area (Å²) in [7, 11) is 3.11. The van der Waals surface area contributed by atoms with Gasteiger partial charge in [-0.2, -0.15) is 0 Å². The minimum atomic E-state index is -0.0809. The van der Waals surface area contributed by atoms with E-state index in [9.17, 15) is 4.79 Å². The molecule has 0 atom stereocenters. The Balaban J connectivity index is 2.52. The van der Waals surface area contributed by atoms with Gasteiger partial charge in [-0.1, -0.05) is 0 Å². The Morgan fingerprint density at radius 3 is 2.80 bits per heavy atom. The molecule has 1 heterocycles. The molecule has 1 aliphatic heterocycles. The van der Waals surface area contributed by atoms with Gasteiger partial charge in [0.2, 0.25) is 0 Å². The Kier molecular flexibility index (Phi) is 4.07. The van der Waals surface area contributed by atoms with E-state index in [1.165, 1.54) is 12.2 Å². The van der Waals surface area contributed by atoms with Gasteiger partial charge in [0.1, 0.15) is 0 Å². The highest BCUT2D eigenvalue weighted by molar-refractivity contribution is 5.77. The number of carbonyl (C=O) groups is 1. The molecular formula is C10H20N2O3. The van der Waals surface area contributed by atoms with Crippen molar-refractivity contribution in [1.29, 1.82) is 0 Å². The number of carbonyl (C=O) groups excluding carboxylic acids is 1. The van der Waals surface area contributed by atoms with E-state index in [0.29, 0.717) is 19.8 Å². The number of nitrogens with zero attached hydrogens (tertiary/aromatic N) is 2. The van der Waals surface area contributed by atoms with Crippen molar-refractivity contribution >= 4 is 5.91 Å². The van der Waals surface area contributed by atoms with Crippen molar-refractivity contribution in [1.82, 2.24) is 9.96 Å². The van der Waals surface area contributed by atoms with Crippen LogP contribution in [0.3, 0.4) is 0 Å². The average molecular weight is 216 g/mol. The third-order valence-corrected chi connectivity index (χ3v) is 2.77. The van der Waals surface area contributed by atoms with Gasteiger partial charge in [-0.15, -0.1) is 0 Å². The van der Waals surface area contributed by atoms with Crippen LogP contribution in [0, 0.1) is 0 Å². The van der Waals surface area contributed by atoms with Gasteiger partial charge in [-0.25, -0.2) is 5.06 Å². The number of amides is 1. The van der Waals surface area contributed by atoms with Crippen molar-refractivity contribution in [3.05, 3.63) is 0 Å². The second-order valence-electron chi connectivity index (χ2n) is 4.36. The molecule has 5 heteroatoms. The van der Waals surface area contributed by atoms with Gasteiger partial charge in [0.05, 0.1) is 26.9 Å². The second-order valence-corrected chi connectivity index (χ2v) is 4.36. The maximum Gasteiger partial charge on any atom is 0.260 e. The summed E-state index contributed by atoms with van der Waals surface area (Å²) in [4.78, 5) is 18.6. The lowest BCUT2D eigenvalue weighted by molar-refractivity contribution is -0.173. The van der Waals surface area contributed by atoms with E-state index >= 15 is 0 Å². The molecule has 0 radical (unpaired) electrons. The molecular weight excluding hydrogens is 196 g/mol. The quantitative estimate of drug-likeness (QED) is 0.628. The van der Waals surface area contributed by atoms with Gasteiger partial charge >= 0.3 is 0 Å².